The third kappa shape index (κ3) is 2.16. The number of anilines is 1. The van der Waals surface area contributed by atoms with Gasteiger partial charge in [0.1, 0.15) is 0 Å². The average molecular weight is 300 g/mol. The molecule has 2 heterocycles. The van der Waals surface area contributed by atoms with Crippen molar-refractivity contribution in [1.29, 1.82) is 0 Å². The Bertz CT molecular complexity index is 750. The standard InChI is InChI=1S/C16H20N4O2/c1-4-16(15(21)22)10-17-20(18-16)13-5-6-14-12(9-13)7-8-19(14)11(2)3/h5-11,18H,4H2,1-3H3,(H,21,22). The first-order valence-corrected chi connectivity index (χ1v) is 7.44. The van der Waals surface area contributed by atoms with Crippen LogP contribution in [0.1, 0.15) is 33.2 Å². The van der Waals surface area contributed by atoms with Crippen molar-refractivity contribution in [1.82, 2.24) is 9.99 Å². The van der Waals surface area contributed by atoms with Gasteiger partial charge in [0.2, 0.25) is 0 Å². The zero-order valence-corrected chi connectivity index (χ0v) is 12.9. The number of carbonyl (C=O) groups is 1. The molecule has 1 aromatic carbocycles. The molecule has 2 aromatic rings. The molecule has 0 saturated carbocycles. The Morgan fingerprint density at radius 3 is 2.77 bits per heavy atom. The number of benzene rings is 1. The molecule has 0 spiro atoms. The van der Waals surface area contributed by atoms with E-state index in [9.17, 15) is 9.90 Å². The van der Waals surface area contributed by atoms with E-state index in [2.05, 4.69) is 41.2 Å². The second kappa shape index (κ2) is 5.14. The maximum absolute atomic E-state index is 11.4. The predicted octanol–water partition coefficient (Wildman–Crippen LogP) is 2.77. The molecule has 116 valence electrons. The number of aliphatic carboxylic acids is 1. The quantitative estimate of drug-likeness (QED) is 0.911. The number of carboxylic acid groups (broad SMARTS) is 1. The Hall–Kier alpha value is -2.34. The molecule has 0 saturated heterocycles. The van der Waals surface area contributed by atoms with Gasteiger partial charge in [-0.2, -0.15) is 15.6 Å². The highest BCUT2D eigenvalue weighted by molar-refractivity contribution is 6.01. The van der Waals surface area contributed by atoms with E-state index in [1.165, 1.54) is 11.3 Å². The number of hydrogen-bond donors (Lipinski definition) is 2. The van der Waals surface area contributed by atoms with E-state index >= 15 is 0 Å². The number of hydrogen-bond acceptors (Lipinski definition) is 4. The molecule has 6 nitrogen and oxygen atoms in total. The Morgan fingerprint density at radius 1 is 1.41 bits per heavy atom. The van der Waals surface area contributed by atoms with Crippen LogP contribution in [0.15, 0.2) is 35.6 Å². The summed E-state index contributed by atoms with van der Waals surface area (Å²) in [5.41, 5.74) is 3.82. The summed E-state index contributed by atoms with van der Waals surface area (Å²) < 4.78 is 2.20. The SMILES string of the molecule is CCC1(C(=O)O)C=NN(c2ccc3c(ccn3C(C)C)c2)N1. The van der Waals surface area contributed by atoms with E-state index in [1.807, 2.05) is 25.1 Å². The predicted molar refractivity (Wildman–Crippen MR) is 87.1 cm³/mol. The van der Waals surface area contributed by atoms with Crippen LogP contribution in [0.4, 0.5) is 5.69 Å². The number of carboxylic acids is 1. The molecular weight excluding hydrogens is 280 g/mol. The first-order valence-electron chi connectivity index (χ1n) is 7.44. The molecule has 1 unspecified atom stereocenters. The summed E-state index contributed by atoms with van der Waals surface area (Å²) in [5.74, 6) is -0.923. The van der Waals surface area contributed by atoms with Crippen molar-refractivity contribution in [2.75, 3.05) is 5.12 Å². The zero-order chi connectivity index (χ0) is 15.9. The summed E-state index contributed by atoms with van der Waals surface area (Å²) in [5, 5.41) is 16.2. The van der Waals surface area contributed by atoms with E-state index in [1.54, 1.807) is 0 Å². The number of hydrazine groups is 1. The highest BCUT2D eigenvalue weighted by atomic mass is 16.4. The van der Waals surface area contributed by atoms with Gasteiger partial charge < -0.3 is 9.67 Å². The summed E-state index contributed by atoms with van der Waals surface area (Å²) in [6.07, 6.45) is 3.94. The number of hydrazone groups is 1. The molecule has 0 aliphatic carbocycles. The van der Waals surface area contributed by atoms with E-state index in [0.29, 0.717) is 12.5 Å². The van der Waals surface area contributed by atoms with Crippen LogP contribution in [-0.4, -0.2) is 27.4 Å². The molecule has 0 fully saturated rings. The smallest absolute Gasteiger partial charge is 0.331 e. The van der Waals surface area contributed by atoms with Gasteiger partial charge in [0.25, 0.3) is 0 Å². The van der Waals surface area contributed by atoms with Gasteiger partial charge in [-0.05, 0) is 44.5 Å². The summed E-state index contributed by atoms with van der Waals surface area (Å²) in [6, 6.07) is 8.44. The van der Waals surface area contributed by atoms with Gasteiger partial charge >= 0.3 is 5.97 Å². The largest absolute Gasteiger partial charge is 0.480 e. The maximum Gasteiger partial charge on any atom is 0.331 e. The van der Waals surface area contributed by atoms with Crippen LogP contribution in [0, 0.1) is 0 Å². The second-order valence-electron chi connectivity index (χ2n) is 5.86. The highest BCUT2D eigenvalue weighted by Crippen LogP contribution is 2.27. The number of nitrogens with one attached hydrogen (secondary N) is 1. The number of fused-ring (bicyclic) bond motifs is 1. The monoisotopic (exact) mass is 300 g/mol. The summed E-state index contributed by atoms with van der Waals surface area (Å²) in [7, 11) is 0. The minimum absolute atomic E-state index is 0.394. The van der Waals surface area contributed by atoms with Crippen molar-refractivity contribution < 1.29 is 9.90 Å². The molecule has 1 aliphatic rings. The Morgan fingerprint density at radius 2 is 2.18 bits per heavy atom. The van der Waals surface area contributed by atoms with Gasteiger partial charge in [-0.3, -0.25) is 0 Å². The zero-order valence-electron chi connectivity index (χ0n) is 12.9. The molecule has 2 N–H and O–H groups in total. The third-order valence-corrected chi connectivity index (χ3v) is 4.14. The van der Waals surface area contributed by atoms with E-state index < -0.39 is 11.5 Å². The van der Waals surface area contributed by atoms with Crippen molar-refractivity contribution >= 4 is 28.8 Å². The van der Waals surface area contributed by atoms with Gasteiger partial charge in [0.05, 0.1) is 11.9 Å². The van der Waals surface area contributed by atoms with Gasteiger partial charge in [0, 0.05) is 23.1 Å². The fourth-order valence-electron chi connectivity index (χ4n) is 2.69. The summed E-state index contributed by atoms with van der Waals surface area (Å²) in [6.45, 7) is 6.10. The molecule has 3 rings (SSSR count). The summed E-state index contributed by atoms with van der Waals surface area (Å²) in [4.78, 5) is 11.4. The molecule has 1 aromatic heterocycles. The van der Waals surface area contributed by atoms with Crippen molar-refractivity contribution in [3.63, 3.8) is 0 Å². The fraction of sp³-hybridized carbons (Fsp3) is 0.375. The number of aromatic nitrogens is 1. The molecular formula is C16H20N4O2. The number of nitrogens with zero attached hydrogens (tertiary/aromatic N) is 3. The van der Waals surface area contributed by atoms with Gasteiger partial charge in [-0.25, -0.2) is 4.79 Å². The normalized spacial score (nSPS) is 21.2. The lowest BCUT2D eigenvalue weighted by molar-refractivity contribution is -0.141. The van der Waals surface area contributed by atoms with Crippen molar-refractivity contribution in [3.8, 4) is 0 Å². The Kier molecular flexibility index (Phi) is 3.41. The molecule has 0 radical (unpaired) electrons. The molecule has 6 heteroatoms. The highest BCUT2D eigenvalue weighted by Gasteiger charge is 2.41. The second-order valence-corrected chi connectivity index (χ2v) is 5.86. The van der Waals surface area contributed by atoms with Crippen molar-refractivity contribution in [2.24, 2.45) is 5.10 Å². The molecule has 0 amide bonds. The Labute approximate surface area is 129 Å². The molecule has 1 aliphatic heterocycles. The topological polar surface area (TPSA) is 69.9 Å². The molecule has 0 bridgehead atoms. The van der Waals surface area contributed by atoms with Gasteiger partial charge in [-0.15, -0.1) is 0 Å². The Balaban J connectivity index is 1.93. The first-order chi connectivity index (χ1) is 10.5. The lowest BCUT2D eigenvalue weighted by Gasteiger charge is -2.24. The van der Waals surface area contributed by atoms with Crippen LogP contribution < -0.4 is 10.5 Å². The lowest BCUT2D eigenvalue weighted by Crippen LogP contribution is -2.53. The van der Waals surface area contributed by atoms with E-state index in [-0.39, 0.29) is 0 Å². The molecule has 1 atom stereocenters. The lowest BCUT2D eigenvalue weighted by atomic mass is 10.00. The van der Waals surface area contributed by atoms with Crippen molar-refractivity contribution in [2.45, 2.75) is 38.8 Å². The van der Waals surface area contributed by atoms with E-state index in [4.69, 9.17) is 0 Å². The minimum atomic E-state index is -1.13. The van der Waals surface area contributed by atoms with Gasteiger partial charge in [0.15, 0.2) is 5.54 Å². The summed E-state index contributed by atoms with van der Waals surface area (Å²) >= 11 is 0. The maximum atomic E-state index is 11.4. The first kappa shape index (κ1) is 14.6. The van der Waals surface area contributed by atoms with Crippen LogP contribution >= 0.6 is 0 Å². The van der Waals surface area contributed by atoms with Crippen LogP contribution in [0.5, 0.6) is 0 Å². The van der Waals surface area contributed by atoms with Crippen LogP contribution in [0.25, 0.3) is 10.9 Å². The minimum Gasteiger partial charge on any atom is -0.480 e. The van der Waals surface area contributed by atoms with Crippen molar-refractivity contribution in [3.05, 3.63) is 30.5 Å². The fourth-order valence-corrected chi connectivity index (χ4v) is 2.69. The molecule has 22 heavy (non-hydrogen) atoms. The van der Waals surface area contributed by atoms with Gasteiger partial charge in [-0.1, -0.05) is 6.92 Å². The third-order valence-electron chi connectivity index (χ3n) is 4.14. The van der Waals surface area contributed by atoms with E-state index in [0.717, 1.165) is 16.6 Å². The average Bonchev–Trinajstić information content (AvgIpc) is 3.11. The van der Waals surface area contributed by atoms with Crippen LogP contribution in [0.3, 0.4) is 0 Å². The van der Waals surface area contributed by atoms with Crippen LogP contribution in [0.2, 0.25) is 0 Å². The van der Waals surface area contributed by atoms with Crippen LogP contribution in [-0.2, 0) is 4.79 Å². The number of rotatable bonds is 4.